The largest absolute Gasteiger partial charge is 0.271 e. The van der Waals surface area contributed by atoms with Crippen LogP contribution in [0.2, 0.25) is 5.02 Å². The highest BCUT2D eigenvalue weighted by molar-refractivity contribution is 7.92. The molecule has 148 valence electrons. The second kappa shape index (κ2) is 9.36. The number of amides is 1. The van der Waals surface area contributed by atoms with E-state index < -0.39 is 22.5 Å². The van der Waals surface area contributed by atoms with Gasteiger partial charge in [-0.3, -0.25) is 9.10 Å². The second-order valence-electron chi connectivity index (χ2n) is 6.01. The molecular formula is C21H18ClN3O3S. The van der Waals surface area contributed by atoms with Crippen LogP contribution in [-0.2, 0) is 14.8 Å². The summed E-state index contributed by atoms with van der Waals surface area (Å²) in [5.74, 6) is -0.577. The zero-order valence-corrected chi connectivity index (χ0v) is 16.8. The van der Waals surface area contributed by atoms with E-state index in [0.717, 1.165) is 4.31 Å². The highest BCUT2D eigenvalue weighted by Crippen LogP contribution is 2.23. The summed E-state index contributed by atoms with van der Waals surface area (Å²) in [7, 11) is -3.93. The molecule has 6 nitrogen and oxygen atoms in total. The Morgan fingerprint density at radius 3 is 2.28 bits per heavy atom. The van der Waals surface area contributed by atoms with Gasteiger partial charge in [0, 0.05) is 5.02 Å². The maximum Gasteiger partial charge on any atom is 0.264 e. The molecule has 8 heteroatoms. The minimum absolute atomic E-state index is 0.0964. The number of halogens is 1. The number of sulfonamides is 1. The Labute approximate surface area is 174 Å². The summed E-state index contributed by atoms with van der Waals surface area (Å²) in [4.78, 5) is 12.5. The zero-order valence-electron chi connectivity index (χ0n) is 15.3. The summed E-state index contributed by atoms with van der Waals surface area (Å²) >= 11 is 5.91. The Kier molecular flexibility index (Phi) is 6.64. The molecule has 0 heterocycles. The predicted octanol–water partition coefficient (Wildman–Crippen LogP) is 3.69. The molecule has 0 aliphatic heterocycles. The summed E-state index contributed by atoms with van der Waals surface area (Å²) in [5.41, 5.74) is 3.44. The molecule has 0 saturated carbocycles. The van der Waals surface area contributed by atoms with E-state index in [1.807, 2.05) is 0 Å². The summed E-state index contributed by atoms with van der Waals surface area (Å²) in [5, 5.41) is 4.43. The number of hydrogen-bond donors (Lipinski definition) is 1. The summed E-state index contributed by atoms with van der Waals surface area (Å²) in [6, 6.07) is 23.3. The molecule has 0 saturated heterocycles. The summed E-state index contributed by atoms with van der Waals surface area (Å²) in [6.45, 7) is -0.422. The van der Waals surface area contributed by atoms with E-state index in [4.69, 9.17) is 11.6 Å². The summed E-state index contributed by atoms with van der Waals surface area (Å²) < 4.78 is 27.2. The zero-order chi connectivity index (χ0) is 20.7. The van der Waals surface area contributed by atoms with E-state index in [9.17, 15) is 13.2 Å². The van der Waals surface area contributed by atoms with Crippen LogP contribution in [0.3, 0.4) is 0 Å². The molecule has 0 bridgehead atoms. The van der Waals surface area contributed by atoms with Gasteiger partial charge in [0.05, 0.1) is 16.8 Å². The quantitative estimate of drug-likeness (QED) is 0.461. The highest BCUT2D eigenvalue weighted by atomic mass is 35.5. The van der Waals surface area contributed by atoms with Gasteiger partial charge in [-0.2, -0.15) is 5.10 Å². The number of benzene rings is 3. The molecule has 0 aliphatic rings. The molecule has 0 aromatic heterocycles. The lowest BCUT2D eigenvalue weighted by Crippen LogP contribution is -2.39. The van der Waals surface area contributed by atoms with Gasteiger partial charge in [-0.05, 0) is 42.0 Å². The molecule has 1 amide bonds. The Morgan fingerprint density at radius 2 is 1.62 bits per heavy atom. The lowest BCUT2D eigenvalue weighted by Gasteiger charge is -2.23. The normalized spacial score (nSPS) is 11.3. The lowest BCUT2D eigenvalue weighted by atomic mass is 10.2. The van der Waals surface area contributed by atoms with E-state index in [1.165, 1.54) is 18.3 Å². The number of para-hydroxylation sites is 1. The first-order valence-corrected chi connectivity index (χ1v) is 10.5. The Morgan fingerprint density at radius 1 is 0.966 bits per heavy atom. The Hall–Kier alpha value is -3.16. The van der Waals surface area contributed by atoms with Gasteiger partial charge in [0.25, 0.3) is 15.9 Å². The third-order valence-electron chi connectivity index (χ3n) is 3.91. The fraction of sp³-hybridized carbons (Fsp3) is 0.0476. The number of rotatable bonds is 7. The van der Waals surface area contributed by atoms with Crippen molar-refractivity contribution in [2.45, 2.75) is 4.90 Å². The number of anilines is 1. The van der Waals surface area contributed by atoms with Crippen LogP contribution < -0.4 is 9.73 Å². The molecular weight excluding hydrogens is 410 g/mol. The van der Waals surface area contributed by atoms with E-state index >= 15 is 0 Å². The summed E-state index contributed by atoms with van der Waals surface area (Å²) in [6.07, 6.45) is 1.43. The smallest absolute Gasteiger partial charge is 0.264 e. The molecule has 29 heavy (non-hydrogen) atoms. The van der Waals surface area contributed by atoms with Crippen LogP contribution in [0.25, 0.3) is 0 Å². The average molecular weight is 428 g/mol. The standard InChI is InChI=1S/C21H18ClN3O3S/c22-18-9-7-8-17(14-18)15-23-24-21(26)16-25(19-10-3-1-4-11-19)29(27,28)20-12-5-2-6-13-20/h1-15H,16H2,(H,24,26)/b23-15-. The minimum Gasteiger partial charge on any atom is -0.271 e. The third-order valence-corrected chi connectivity index (χ3v) is 5.94. The Bertz CT molecular complexity index is 1100. The van der Waals surface area contributed by atoms with Crippen LogP contribution in [0.1, 0.15) is 5.56 Å². The van der Waals surface area contributed by atoms with E-state index in [-0.39, 0.29) is 4.90 Å². The average Bonchev–Trinajstić information content (AvgIpc) is 2.73. The fourth-order valence-corrected chi connectivity index (χ4v) is 4.20. The van der Waals surface area contributed by atoms with Gasteiger partial charge >= 0.3 is 0 Å². The van der Waals surface area contributed by atoms with Crippen molar-refractivity contribution in [3.05, 3.63) is 95.5 Å². The van der Waals surface area contributed by atoms with Crippen LogP contribution >= 0.6 is 11.6 Å². The van der Waals surface area contributed by atoms with Crippen molar-refractivity contribution in [3.63, 3.8) is 0 Å². The molecule has 0 aliphatic carbocycles. The van der Waals surface area contributed by atoms with Crippen LogP contribution in [0, 0.1) is 0 Å². The fourth-order valence-electron chi connectivity index (χ4n) is 2.56. The van der Waals surface area contributed by atoms with Crippen LogP contribution in [0.5, 0.6) is 0 Å². The van der Waals surface area contributed by atoms with Crippen molar-refractivity contribution in [1.29, 1.82) is 0 Å². The number of hydrazone groups is 1. The van der Waals surface area contributed by atoms with Crippen molar-refractivity contribution in [2.75, 3.05) is 10.8 Å². The second-order valence-corrected chi connectivity index (χ2v) is 8.31. The van der Waals surface area contributed by atoms with Crippen molar-refractivity contribution in [1.82, 2.24) is 5.43 Å². The Balaban J connectivity index is 1.79. The maximum atomic E-state index is 13.1. The molecule has 3 aromatic rings. The molecule has 0 unspecified atom stereocenters. The first-order valence-electron chi connectivity index (χ1n) is 8.67. The van der Waals surface area contributed by atoms with Crippen LogP contribution in [-0.4, -0.2) is 27.1 Å². The van der Waals surface area contributed by atoms with Gasteiger partial charge in [-0.25, -0.2) is 13.8 Å². The van der Waals surface area contributed by atoms with Crippen LogP contribution in [0.4, 0.5) is 5.69 Å². The van der Waals surface area contributed by atoms with Crippen molar-refractivity contribution in [2.24, 2.45) is 5.10 Å². The van der Waals surface area contributed by atoms with Gasteiger partial charge < -0.3 is 0 Å². The lowest BCUT2D eigenvalue weighted by molar-refractivity contribution is -0.119. The monoisotopic (exact) mass is 427 g/mol. The molecule has 0 atom stereocenters. The molecule has 0 fully saturated rings. The third kappa shape index (κ3) is 5.43. The molecule has 3 aromatic carbocycles. The van der Waals surface area contributed by atoms with Gasteiger partial charge in [0.2, 0.25) is 0 Å². The van der Waals surface area contributed by atoms with Crippen molar-refractivity contribution >= 4 is 39.4 Å². The van der Waals surface area contributed by atoms with Crippen molar-refractivity contribution in [3.8, 4) is 0 Å². The van der Waals surface area contributed by atoms with Gasteiger partial charge in [0.1, 0.15) is 6.54 Å². The first-order chi connectivity index (χ1) is 14.0. The minimum atomic E-state index is -3.93. The van der Waals surface area contributed by atoms with E-state index in [2.05, 4.69) is 10.5 Å². The van der Waals surface area contributed by atoms with E-state index in [0.29, 0.717) is 16.3 Å². The van der Waals surface area contributed by atoms with Gasteiger partial charge in [-0.15, -0.1) is 0 Å². The molecule has 0 spiro atoms. The number of nitrogens with one attached hydrogen (secondary N) is 1. The number of carbonyl (C=O) groups is 1. The van der Waals surface area contributed by atoms with Crippen LogP contribution in [0.15, 0.2) is 94.9 Å². The SMILES string of the molecule is O=C(CN(c1ccccc1)S(=O)(=O)c1ccccc1)N/N=C\c1cccc(Cl)c1. The number of carbonyl (C=O) groups excluding carboxylic acids is 1. The highest BCUT2D eigenvalue weighted by Gasteiger charge is 2.26. The number of nitrogens with zero attached hydrogens (tertiary/aromatic N) is 2. The van der Waals surface area contributed by atoms with Gasteiger partial charge in [0.15, 0.2) is 0 Å². The predicted molar refractivity (Wildman–Crippen MR) is 115 cm³/mol. The molecule has 3 rings (SSSR count). The maximum absolute atomic E-state index is 13.1. The van der Waals surface area contributed by atoms with E-state index in [1.54, 1.807) is 72.8 Å². The van der Waals surface area contributed by atoms with Crippen molar-refractivity contribution < 1.29 is 13.2 Å². The molecule has 0 radical (unpaired) electrons. The molecule has 1 N–H and O–H groups in total. The first kappa shape index (κ1) is 20.6. The topological polar surface area (TPSA) is 78.8 Å². The number of hydrogen-bond acceptors (Lipinski definition) is 4. The van der Waals surface area contributed by atoms with Gasteiger partial charge in [-0.1, -0.05) is 60.1 Å².